The van der Waals surface area contributed by atoms with E-state index in [2.05, 4.69) is 14.9 Å². The van der Waals surface area contributed by atoms with Crippen molar-refractivity contribution in [1.29, 1.82) is 0 Å². The Morgan fingerprint density at radius 3 is 2.23 bits per heavy atom. The molecule has 248 valence electrons. The van der Waals surface area contributed by atoms with Crippen molar-refractivity contribution >= 4 is 41.1 Å². The average Bonchev–Trinajstić information content (AvgIpc) is 3.30. The number of nitrogens with zero attached hydrogens (tertiary/aromatic N) is 2. The molecule has 47 heavy (non-hydrogen) atoms. The smallest absolute Gasteiger partial charge is 0.451 e. The zero-order valence-electron chi connectivity index (χ0n) is 26.4. The maximum absolute atomic E-state index is 13.0. The molecule has 0 unspecified atom stereocenters. The van der Waals surface area contributed by atoms with Gasteiger partial charge in [0.05, 0.1) is 38.4 Å². The second kappa shape index (κ2) is 17.4. The summed E-state index contributed by atoms with van der Waals surface area (Å²) in [6, 6.07) is 12.0. The predicted octanol–water partition coefficient (Wildman–Crippen LogP) is 4.02. The van der Waals surface area contributed by atoms with E-state index in [9.17, 15) is 28.8 Å². The van der Waals surface area contributed by atoms with Crippen LogP contribution in [-0.4, -0.2) is 71.3 Å². The molecule has 2 aromatic carbocycles. The van der Waals surface area contributed by atoms with Gasteiger partial charge in [-0.25, -0.2) is 9.64 Å². The molecular formula is C34H37N3O10. The van der Waals surface area contributed by atoms with Crippen molar-refractivity contribution in [2.45, 2.75) is 52.7 Å². The lowest BCUT2D eigenvalue weighted by molar-refractivity contribution is -0.139. The van der Waals surface area contributed by atoms with E-state index in [0.717, 1.165) is 11.0 Å². The molecular weight excluding hydrogens is 610 g/mol. The number of amides is 3. The highest BCUT2D eigenvalue weighted by molar-refractivity contribution is 6.15. The van der Waals surface area contributed by atoms with Crippen molar-refractivity contribution in [1.82, 2.24) is 10.2 Å². The van der Waals surface area contributed by atoms with Gasteiger partial charge in [0.15, 0.2) is 17.2 Å². The molecule has 2 atom stereocenters. The van der Waals surface area contributed by atoms with Crippen LogP contribution in [0.25, 0.3) is 4.85 Å². The Bertz CT molecular complexity index is 1540. The van der Waals surface area contributed by atoms with Gasteiger partial charge in [-0.2, -0.15) is 0 Å². The Morgan fingerprint density at radius 1 is 0.957 bits per heavy atom. The van der Waals surface area contributed by atoms with Crippen molar-refractivity contribution in [3.05, 3.63) is 82.9 Å². The Balaban J connectivity index is 1.38. The monoisotopic (exact) mass is 647 g/mol. The van der Waals surface area contributed by atoms with E-state index in [1.807, 2.05) is 13.8 Å². The van der Waals surface area contributed by atoms with Crippen molar-refractivity contribution in [3.8, 4) is 5.75 Å². The first kappa shape index (κ1) is 36.1. The van der Waals surface area contributed by atoms with E-state index < -0.39 is 35.8 Å². The predicted molar refractivity (Wildman–Crippen MR) is 167 cm³/mol. The lowest BCUT2D eigenvalue weighted by Gasteiger charge is -2.22. The normalized spacial score (nSPS) is 13.9. The fourth-order valence-corrected chi connectivity index (χ4v) is 4.56. The minimum Gasteiger partial charge on any atom is -0.451 e. The van der Waals surface area contributed by atoms with Gasteiger partial charge in [-0.15, -0.1) is 0 Å². The summed E-state index contributed by atoms with van der Waals surface area (Å²) in [6.07, 6.45) is -0.261. The molecule has 0 saturated carbocycles. The molecule has 0 spiro atoms. The number of hydrogen-bond donors (Lipinski definition) is 2. The summed E-state index contributed by atoms with van der Waals surface area (Å²) in [5, 5.41) is 11.3. The number of carboxylic acid groups (broad SMARTS) is 1. The first-order chi connectivity index (χ1) is 22.4. The second-order valence-electron chi connectivity index (χ2n) is 11.2. The van der Waals surface area contributed by atoms with Gasteiger partial charge in [0, 0.05) is 25.2 Å². The highest BCUT2D eigenvalue weighted by Crippen LogP contribution is 2.23. The number of imide groups is 1. The van der Waals surface area contributed by atoms with E-state index in [4.69, 9.17) is 21.2 Å². The van der Waals surface area contributed by atoms with E-state index in [-0.39, 0.29) is 68.9 Å². The lowest BCUT2D eigenvalue weighted by Crippen LogP contribution is -2.44. The van der Waals surface area contributed by atoms with Crippen LogP contribution in [0.5, 0.6) is 5.75 Å². The van der Waals surface area contributed by atoms with Gasteiger partial charge in [0.1, 0.15) is 18.1 Å². The summed E-state index contributed by atoms with van der Waals surface area (Å²) in [5.74, 6) is -2.69. The van der Waals surface area contributed by atoms with Crippen LogP contribution in [-0.2, 0) is 46.5 Å². The summed E-state index contributed by atoms with van der Waals surface area (Å²) < 4.78 is 15.5. The van der Waals surface area contributed by atoms with Gasteiger partial charge in [-0.3, -0.25) is 28.9 Å². The number of nitrogens with one attached hydrogen (secondary N) is 1. The van der Waals surface area contributed by atoms with E-state index >= 15 is 0 Å². The first-order valence-corrected chi connectivity index (χ1v) is 15.0. The van der Waals surface area contributed by atoms with E-state index in [1.54, 1.807) is 31.2 Å². The third-order valence-corrected chi connectivity index (χ3v) is 7.35. The number of benzene rings is 2. The van der Waals surface area contributed by atoms with Crippen LogP contribution in [0.3, 0.4) is 0 Å². The molecule has 2 N–H and O–H groups in total. The molecule has 0 saturated heterocycles. The summed E-state index contributed by atoms with van der Waals surface area (Å²) in [6.45, 7) is 12.1. The standard InChI is InChI=1S/C34H37N3O10/c1-21(2)28(32(41)36-22(3)29(39)17-23-5-7-24(8-6-23)20-46-34(43)44)18-26(38)13-15-45-16-14-37-31(40)19-30(33(37)42)47-27-11-9-25(35-4)10-12-27/h5-12,19,21-22,28H,13-18,20H2,1-3H3,(H,36,41)(H,43,44)/t22-,28-/m0/s1. The van der Waals surface area contributed by atoms with Crippen molar-refractivity contribution in [2.24, 2.45) is 11.8 Å². The number of ether oxygens (including phenoxy) is 3. The van der Waals surface area contributed by atoms with Crippen LogP contribution in [0.15, 0.2) is 60.4 Å². The molecule has 3 amide bonds. The molecule has 1 aliphatic rings. The third kappa shape index (κ3) is 11.2. The highest BCUT2D eigenvalue weighted by Gasteiger charge is 2.33. The molecule has 0 radical (unpaired) electrons. The largest absolute Gasteiger partial charge is 0.506 e. The number of carbonyl (C=O) groups excluding carboxylic acids is 5. The molecule has 13 nitrogen and oxygen atoms in total. The summed E-state index contributed by atoms with van der Waals surface area (Å²) in [7, 11) is 0. The molecule has 3 rings (SSSR count). The minimum atomic E-state index is -1.38. The molecule has 2 aromatic rings. The molecule has 0 fully saturated rings. The molecule has 0 aliphatic carbocycles. The number of carbonyl (C=O) groups is 6. The SMILES string of the molecule is [C-]#[N+]c1ccc(OC2=CC(=O)N(CCOCCC(=O)C[C@H](C(=O)N[C@@H](C)C(=O)Cc3ccc(COC(=O)O)cc3)C(C)C)C2=O)cc1. The summed E-state index contributed by atoms with van der Waals surface area (Å²) >= 11 is 0. The van der Waals surface area contributed by atoms with Crippen LogP contribution in [0, 0.1) is 18.4 Å². The van der Waals surface area contributed by atoms with E-state index in [0.29, 0.717) is 22.6 Å². The Hall–Kier alpha value is -5.35. The zero-order chi connectivity index (χ0) is 34.5. The van der Waals surface area contributed by atoms with E-state index in [1.165, 1.54) is 24.3 Å². The fourth-order valence-electron chi connectivity index (χ4n) is 4.56. The van der Waals surface area contributed by atoms with Crippen LogP contribution < -0.4 is 10.1 Å². The number of Topliss-reactive ketones (excluding diaryl/α,β-unsaturated/α-hetero) is 2. The fraction of sp³-hybridized carbons (Fsp3) is 0.382. The molecule has 0 bridgehead atoms. The Morgan fingerprint density at radius 2 is 1.62 bits per heavy atom. The zero-order valence-corrected chi connectivity index (χ0v) is 26.4. The Kier molecular flexibility index (Phi) is 13.4. The van der Waals surface area contributed by atoms with Crippen molar-refractivity contribution in [3.63, 3.8) is 0 Å². The summed E-state index contributed by atoms with van der Waals surface area (Å²) in [4.78, 5) is 78.1. The Labute approximate surface area is 272 Å². The van der Waals surface area contributed by atoms with Gasteiger partial charge in [-0.05, 0) is 36.1 Å². The third-order valence-electron chi connectivity index (χ3n) is 7.35. The number of ketones is 2. The number of hydrogen-bond acceptors (Lipinski definition) is 9. The van der Waals surface area contributed by atoms with Crippen LogP contribution >= 0.6 is 0 Å². The maximum atomic E-state index is 13.0. The van der Waals surface area contributed by atoms with Crippen LogP contribution in [0.2, 0.25) is 0 Å². The van der Waals surface area contributed by atoms with Gasteiger partial charge in [0.25, 0.3) is 11.8 Å². The van der Waals surface area contributed by atoms with Crippen molar-refractivity contribution in [2.75, 3.05) is 19.8 Å². The van der Waals surface area contributed by atoms with Crippen molar-refractivity contribution < 1.29 is 48.1 Å². The quantitative estimate of drug-likeness (QED) is 0.104. The summed E-state index contributed by atoms with van der Waals surface area (Å²) in [5.41, 5.74) is 1.74. The average molecular weight is 648 g/mol. The highest BCUT2D eigenvalue weighted by atomic mass is 16.7. The van der Waals surface area contributed by atoms with Crippen LogP contribution in [0.4, 0.5) is 10.5 Å². The number of rotatable bonds is 18. The second-order valence-corrected chi connectivity index (χ2v) is 11.2. The van der Waals surface area contributed by atoms with Gasteiger partial charge in [-0.1, -0.05) is 50.2 Å². The van der Waals surface area contributed by atoms with Gasteiger partial charge < -0.3 is 24.6 Å². The molecule has 0 aromatic heterocycles. The van der Waals surface area contributed by atoms with Gasteiger partial charge in [0.2, 0.25) is 5.91 Å². The molecule has 1 heterocycles. The van der Waals surface area contributed by atoms with Crippen LogP contribution in [0.1, 0.15) is 44.7 Å². The maximum Gasteiger partial charge on any atom is 0.506 e. The molecule has 13 heteroatoms. The van der Waals surface area contributed by atoms with Gasteiger partial charge >= 0.3 is 6.16 Å². The topological polar surface area (TPSA) is 170 Å². The minimum absolute atomic E-state index is 0.00184. The molecule has 1 aliphatic heterocycles. The lowest BCUT2D eigenvalue weighted by atomic mass is 9.88. The first-order valence-electron chi connectivity index (χ1n) is 15.0.